The number of nitrogens with zero attached hydrogens (tertiary/aromatic N) is 1. The van der Waals surface area contributed by atoms with Gasteiger partial charge in [-0.3, -0.25) is 14.2 Å². The molecule has 0 radical (unpaired) electrons. The zero-order valence-electron chi connectivity index (χ0n) is 18.8. The van der Waals surface area contributed by atoms with Crippen LogP contribution in [0, 0.1) is 18.2 Å². The van der Waals surface area contributed by atoms with Crippen LogP contribution in [0.2, 0.25) is 0 Å². The monoisotopic (exact) mass is 481 g/mol. The van der Waals surface area contributed by atoms with E-state index in [1.807, 2.05) is 20.8 Å². The van der Waals surface area contributed by atoms with Gasteiger partial charge in [0.1, 0.15) is 5.75 Å². The van der Waals surface area contributed by atoms with Gasteiger partial charge in [-0.25, -0.2) is 4.39 Å². The number of aromatic hydroxyl groups is 1. The number of hydrogen-bond donors (Lipinski definition) is 2. The molecular weight excluding hydrogens is 458 g/mol. The fourth-order valence-corrected chi connectivity index (χ4v) is 4.02. The Hall–Kier alpha value is -3.56. The lowest BCUT2D eigenvalue weighted by Crippen LogP contribution is -2.21. The first-order chi connectivity index (χ1) is 15.6. The van der Waals surface area contributed by atoms with Gasteiger partial charge in [0.25, 0.3) is 5.91 Å². The van der Waals surface area contributed by atoms with E-state index < -0.39 is 46.9 Å². The van der Waals surface area contributed by atoms with E-state index >= 15 is 4.39 Å². The standard InChI is InChI=1S/C24H23F4NO5/c1-12-18(15(22(32)33)11-23(2,3)4)19-16(9-10-17(30)20(19)25)29(12)21(31)13-5-7-14(8-6-13)34-24(26,27)28/h5-10,15,30H,11H2,1-4H3,(H,32,33). The molecular formula is C24H23F4NO5. The number of carbonyl (C=O) groups excluding carboxylic acids is 1. The minimum atomic E-state index is -4.90. The number of phenolic OH excluding ortho intramolecular Hbond substituents is 1. The van der Waals surface area contributed by atoms with Crippen molar-refractivity contribution in [2.75, 3.05) is 0 Å². The van der Waals surface area contributed by atoms with Gasteiger partial charge in [0, 0.05) is 16.6 Å². The average Bonchev–Trinajstić information content (AvgIpc) is 2.99. The molecule has 3 aromatic rings. The van der Waals surface area contributed by atoms with Crippen LogP contribution < -0.4 is 4.74 Å². The summed E-state index contributed by atoms with van der Waals surface area (Å²) in [5, 5.41) is 19.7. The van der Waals surface area contributed by atoms with E-state index in [1.165, 1.54) is 13.0 Å². The third-order valence-corrected chi connectivity index (χ3v) is 5.34. The number of ether oxygens (including phenoxy) is 1. The summed E-state index contributed by atoms with van der Waals surface area (Å²) in [5.74, 6) is -5.40. The van der Waals surface area contributed by atoms with Crippen LogP contribution in [0.5, 0.6) is 11.5 Å². The first-order valence-corrected chi connectivity index (χ1v) is 10.3. The smallest absolute Gasteiger partial charge is 0.505 e. The first-order valence-electron chi connectivity index (χ1n) is 10.3. The molecule has 0 spiro atoms. The molecule has 3 rings (SSSR count). The van der Waals surface area contributed by atoms with E-state index in [0.29, 0.717) is 0 Å². The Labute approximate surface area is 192 Å². The topological polar surface area (TPSA) is 88.8 Å². The van der Waals surface area contributed by atoms with Crippen molar-refractivity contribution in [3.8, 4) is 11.5 Å². The van der Waals surface area contributed by atoms with Crippen LogP contribution in [0.15, 0.2) is 36.4 Å². The van der Waals surface area contributed by atoms with Crippen LogP contribution in [0.3, 0.4) is 0 Å². The fourth-order valence-electron chi connectivity index (χ4n) is 4.02. The van der Waals surface area contributed by atoms with Crippen molar-refractivity contribution < 1.29 is 42.1 Å². The third kappa shape index (κ3) is 5.00. The number of aliphatic carboxylic acids is 1. The van der Waals surface area contributed by atoms with Gasteiger partial charge in [-0.05, 0) is 60.7 Å². The first kappa shape index (κ1) is 25.1. The molecule has 2 aromatic carbocycles. The van der Waals surface area contributed by atoms with Gasteiger partial charge in [0.2, 0.25) is 0 Å². The van der Waals surface area contributed by atoms with E-state index in [1.54, 1.807) is 0 Å². The van der Waals surface area contributed by atoms with E-state index in [2.05, 4.69) is 4.74 Å². The van der Waals surface area contributed by atoms with Crippen LogP contribution >= 0.6 is 0 Å². The fraction of sp³-hybridized carbons (Fsp3) is 0.333. The predicted molar refractivity (Wildman–Crippen MR) is 116 cm³/mol. The summed E-state index contributed by atoms with van der Waals surface area (Å²) in [6.07, 6.45) is -4.78. The lowest BCUT2D eigenvalue weighted by molar-refractivity contribution is -0.274. The number of rotatable bonds is 5. The summed E-state index contributed by atoms with van der Waals surface area (Å²) in [7, 11) is 0. The number of phenols is 1. The largest absolute Gasteiger partial charge is 0.573 e. The molecule has 2 N–H and O–H groups in total. The van der Waals surface area contributed by atoms with Gasteiger partial charge in [0.15, 0.2) is 11.6 Å². The van der Waals surface area contributed by atoms with E-state index in [9.17, 15) is 33.0 Å². The van der Waals surface area contributed by atoms with Crippen molar-refractivity contribution in [1.82, 2.24) is 4.57 Å². The molecule has 0 fully saturated rings. The summed E-state index contributed by atoms with van der Waals surface area (Å²) in [6.45, 7) is 6.92. The molecule has 10 heteroatoms. The Bertz CT molecular complexity index is 1250. The molecule has 0 bridgehead atoms. The lowest BCUT2D eigenvalue weighted by atomic mass is 9.80. The molecule has 1 aromatic heterocycles. The van der Waals surface area contributed by atoms with E-state index in [0.717, 1.165) is 34.9 Å². The summed E-state index contributed by atoms with van der Waals surface area (Å²) in [4.78, 5) is 25.5. The van der Waals surface area contributed by atoms with Crippen molar-refractivity contribution in [1.29, 1.82) is 0 Å². The number of carbonyl (C=O) groups is 2. The Balaban J connectivity index is 2.21. The SMILES string of the molecule is Cc1c(C(CC(C)(C)C)C(=O)O)c2c(F)c(O)ccc2n1C(=O)c1ccc(OC(F)(F)F)cc1. The molecule has 1 atom stereocenters. The molecule has 0 aliphatic heterocycles. The highest BCUT2D eigenvalue weighted by molar-refractivity contribution is 6.05. The molecule has 34 heavy (non-hydrogen) atoms. The maximum atomic E-state index is 15.1. The van der Waals surface area contributed by atoms with Crippen LogP contribution in [-0.2, 0) is 4.79 Å². The quantitative estimate of drug-likeness (QED) is 0.438. The number of benzene rings is 2. The van der Waals surface area contributed by atoms with Gasteiger partial charge in [-0.2, -0.15) is 0 Å². The van der Waals surface area contributed by atoms with Crippen LogP contribution in [0.1, 0.15) is 54.7 Å². The van der Waals surface area contributed by atoms with E-state index in [4.69, 9.17) is 0 Å². The molecule has 0 saturated carbocycles. The van der Waals surface area contributed by atoms with Gasteiger partial charge < -0.3 is 14.9 Å². The highest BCUT2D eigenvalue weighted by Crippen LogP contribution is 2.41. The van der Waals surface area contributed by atoms with E-state index in [-0.39, 0.29) is 34.1 Å². The molecule has 0 aliphatic carbocycles. The van der Waals surface area contributed by atoms with Crippen LogP contribution in [0.4, 0.5) is 17.6 Å². The maximum Gasteiger partial charge on any atom is 0.573 e. The molecule has 1 heterocycles. The summed E-state index contributed by atoms with van der Waals surface area (Å²) >= 11 is 0. The number of fused-ring (bicyclic) bond motifs is 1. The number of alkyl halides is 3. The molecule has 0 aliphatic rings. The van der Waals surface area contributed by atoms with Crippen molar-refractivity contribution in [3.63, 3.8) is 0 Å². The molecule has 1 unspecified atom stereocenters. The number of carboxylic acids is 1. The van der Waals surface area contributed by atoms with Crippen LogP contribution in [-0.4, -0.2) is 33.0 Å². The minimum Gasteiger partial charge on any atom is -0.505 e. The second-order valence-electron chi connectivity index (χ2n) is 9.16. The Morgan fingerprint density at radius 1 is 1.06 bits per heavy atom. The van der Waals surface area contributed by atoms with Crippen molar-refractivity contribution >= 4 is 22.8 Å². The zero-order chi connectivity index (χ0) is 25.6. The summed E-state index contributed by atoms with van der Waals surface area (Å²) < 4.78 is 57.3. The number of hydrogen-bond acceptors (Lipinski definition) is 4. The summed E-state index contributed by atoms with van der Waals surface area (Å²) in [5.41, 5.74) is -0.260. The Kier molecular flexibility index (Phi) is 6.38. The highest BCUT2D eigenvalue weighted by Gasteiger charge is 2.34. The Morgan fingerprint density at radius 3 is 2.15 bits per heavy atom. The third-order valence-electron chi connectivity index (χ3n) is 5.34. The predicted octanol–water partition coefficient (Wildman–Crippen LogP) is 5.99. The number of aromatic nitrogens is 1. The second-order valence-corrected chi connectivity index (χ2v) is 9.16. The Morgan fingerprint density at radius 2 is 1.65 bits per heavy atom. The lowest BCUT2D eigenvalue weighted by Gasteiger charge is -2.24. The highest BCUT2D eigenvalue weighted by atomic mass is 19.4. The molecule has 6 nitrogen and oxygen atoms in total. The second kappa shape index (κ2) is 8.66. The van der Waals surface area contributed by atoms with Crippen molar-refractivity contribution in [2.45, 2.75) is 46.4 Å². The molecule has 0 saturated heterocycles. The van der Waals surface area contributed by atoms with Crippen LogP contribution in [0.25, 0.3) is 10.9 Å². The number of carboxylic acid groups (broad SMARTS) is 1. The molecule has 0 amide bonds. The van der Waals surface area contributed by atoms with Crippen molar-refractivity contribution in [2.24, 2.45) is 5.41 Å². The normalized spacial score (nSPS) is 13.2. The number of halogens is 4. The molecule has 182 valence electrons. The van der Waals surface area contributed by atoms with Gasteiger partial charge in [0.05, 0.1) is 11.4 Å². The van der Waals surface area contributed by atoms with Crippen molar-refractivity contribution in [3.05, 3.63) is 59.0 Å². The maximum absolute atomic E-state index is 15.1. The van der Waals surface area contributed by atoms with Gasteiger partial charge >= 0.3 is 12.3 Å². The van der Waals surface area contributed by atoms with Gasteiger partial charge in [-0.1, -0.05) is 20.8 Å². The summed E-state index contributed by atoms with van der Waals surface area (Å²) in [6, 6.07) is 6.51. The van der Waals surface area contributed by atoms with Gasteiger partial charge in [-0.15, -0.1) is 13.2 Å². The average molecular weight is 481 g/mol. The zero-order valence-corrected chi connectivity index (χ0v) is 18.8. The minimum absolute atomic E-state index is 0.0303.